The summed E-state index contributed by atoms with van der Waals surface area (Å²) in [6, 6.07) is 8.34. The van der Waals surface area contributed by atoms with E-state index in [4.69, 9.17) is 9.41 Å². The molecule has 1 fully saturated rings. The summed E-state index contributed by atoms with van der Waals surface area (Å²) < 4.78 is 5.88. The Morgan fingerprint density at radius 1 is 1.14 bits per heavy atom. The molecule has 0 amide bonds. The number of anilines is 1. The number of fused-ring (bicyclic) bond motifs is 1. The first-order chi connectivity index (χ1) is 13.6. The molecule has 2 aliphatic rings. The number of hydrogen-bond acceptors (Lipinski definition) is 5. The smallest absolute Gasteiger partial charge is 0.302 e. The maximum absolute atomic E-state index is 5.88. The molecular formula is C23H32N4O. The zero-order chi connectivity index (χ0) is 19.6. The Morgan fingerprint density at radius 2 is 1.89 bits per heavy atom. The molecule has 2 aromatic rings. The minimum atomic E-state index is -0.0743. The summed E-state index contributed by atoms with van der Waals surface area (Å²) in [5.41, 5.74) is 4.42. The van der Waals surface area contributed by atoms with E-state index in [-0.39, 0.29) is 5.54 Å². The molecule has 2 heterocycles. The molecule has 1 aliphatic carbocycles. The van der Waals surface area contributed by atoms with Crippen molar-refractivity contribution in [2.24, 2.45) is 10.9 Å². The molecule has 5 nitrogen and oxygen atoms in total. The van der Waals surface area contributed by atoms with Crippen LogP contribution in [0.25, 0.3) is 11.1 Å². The highest BCUT2D eigenvalue weighted by Gasteiger charge is 2.39. The molecule has 1 spiro atoms. The predicted molar refractivity (Wildman–Crippen MR) is 115 cm³/mol. The molecule has 150 valence electrons. The molecule has 2 N–H and O–H groups in total. The van der Waals surface area contributed by atoms with Gasteiger partial charge in [-0.2, -0.15) is 4.98 Å². The molecule has 1 aromatic heterocycles. The van der Waals surface area contributed by atoms with E-state index in [0.29, 0.717) is 11.9 Å². The van der Waals surface area contributed by atoms with Gasteiger partial charge in [-0.05, 0) is 49.3 Å². The third kappa shape index (κ3) is 3.80. The number of rotatable bonds is 4. The van der Waals surface area contributed by atoms with Gasteiger partial charge in [0.1, 0.15) is 5.52 Å². The van der Waals surface area contributed by atoms with Crippen LogP contribution in [-0.2, 0) is 0 Å². The number of hydrogen-bond donors (Lipinski definition) is 2. The third-order valence-corrected chi connectivity index (χ3v) is 5.94. The minimum absolute atomic E-state index is 0.0743. The Kier molecular flexibility index (Phi) is 5.42. The minimum Gasteiger partial charge on any atom is -0.423 e. The maximum atomic E-state index is 5.88. The monoisotopic (exact) mass is 380 g/mol. The molecule has 0 unspecified atom stereocenters. The van der Waals surface area contributed by atoms with Crippen molar-refractivity contribution in [1.29, 1.82) is 0 Å². The average Bonchev–Trinajstić information content (AvgIpc) is 2.92. The summed E-state index contributed by atoms with van der Waals surface area (Å²) in [7, 11) is 0. The summed E-state index contributed by atoms with van der Waals surface area (Å²) in [6.45, 7) is 6.83. The molecule has 1 saturated carbocycles. The van der Waals surface area contributed by atoms with Gasteiger partial charge < -0.3 is 9.73 Å². The summed E-state index contributed by atoms with van der Waals surface area (Å²) in [5.74, 6) is 1.37. The van der Waals surface area contributed by atoms with Gasteiger partial charge in [0.15, 0.2) is 5.58 Å². The highest BCUT2D eigenvalue weighted by molar-refractivity contribution is 5.95. The van der Waals surface area contributed by atoms with E-state index in [1.165, 1.54) is 37.0 Å². The molecule has 0 bridgehead atoms. The third-order valence-electron chi connectivity index (χ3n) is 5.94. The van der Waals surface area contributed by atoms with Crippen LogP contribution in [0.2, 0.25) is 0 Å². The summed E-state index contributed by atoms with van der Waals surface area (Å²) in [6.07, 6.45) is 9.49. The summed E-state index contributed by atoms with van der Waals surface area (Å²) in [5, 5.41) is 6.93. The largest absolute Gasteiger partial charge is 0.423 e. The summed E-state index contributed by atoms with van der Waals surface area (Å²) >= 11 is 0. The quantitative estimate of drug-likeness (QED) is 0.682. The number of benzene rings is 1. The van der Waals surface area contributed by atoms with E-state index < -0.39 is 0 Å². The van der Waals surface area contributed by atoms with Gasteiger partial charge in [-0.15, -0.1) is 0 Å². The van der Waals surface area contributed by atoms with E-state index in [0.717, 1.165) is 42.7 Å². The SMILES string of the molecule is CCC1=C(CC(C)C)NC(Nc2nc3ccccc3o2)=NC12CCCCCC2. The normalized spacial score (nSPS) is 19.6. The second-order valence-corrected chi connectivity index (χ2v) is 8.55. The molecule has 0 atom stereocenters. The van der Waals surface area contributed by atoms with Crippen molar-refractivity contribution < 1.29 is 4.42 Å². The van der Waals surface area contributed by atoms with E-state index >= 15 is 0 Å². The molecule has 0 radical (unpaired) electrons. The van der Waals surface area contributed by atoms with Crippen LogP contribution in [0.15, 0.2) is 44.9 Å². The maximum Gasteiger partial charge on any atom is 0.302 e. The van der Waals surface area contributed by atoms with Gasteiger partial charge in [-0.1, -0.05) is 58.6 Å². The fourth-order valence-corrected chi connectivity index (χ4v) is 4.75. The molecule has 28 heavy (non-hydrogen) atoms. The lowest BCUT2D eigenvalue weighted by atomic mass is 9.78. The van der Waals surface area contributed by atoms with Crippen LogP contribution in [0.4, 0.5) is 6.01 Å². The van der Waals surface area contributed by atoms with Crippen molar-refractivity contribution in [3.63, 3.8) is 0 Å². The van der Waals surface area contributed by atoms with Crippen LogP contribution < -0.4 is 10.6 Å². The van der Waals surface area contributed by atoms with Crippen LogP contribution in [0.3, 0.4) is 0 Å². The fraction of sp³-hybridized carbons (Fsp3) is 0.565. The molecule has 0 saturated heterocycles. The lowest BCUT2D eigenvalue weighted by Crippen LogP contribution is -2.44. The van der Waals surface area contributed by atoms with Gasteiger partial charge in [0.2, 0.25) is 5.96 Å². The van der Waals surface area contributed by atoms with Crippen molar-refractivity contribution in [2.45, 2.75) is 77.7 Å². The second-order valence-electron chi connectivity index (χ2n) is 8.55. The Balaban J connectivity index is 1.69. The highest BCUT2D eigenvalue weighted by Crippen LogP contribution is 2.42. The van der Waals surface area contributed by atoms with Crippen LogP contribution in [-0.4, -0.2) is 16.5 Å². The van der Waals surface area contributed by atoms with E-state index in [2.05, 4.69) is 36.4 Å². The highest BCUT2D eigenvalue weighted by atomic mass is 16.4. The Hall–Kier alpha value is -2.30. The average molecular weight is 381 g/mol. The number of oxazole rings is 1. The van der Waals surface area contributed by atoms with Crippen molar-refractivity contribution >= 4 is 23.1 Å². The van der Waals surface area contributed by atoms with Gasteiger partial charge >= 0.3 is 6.01 Å². The number of aliphatic imine (C=N–C) groups is 1. The lowest BCUT2D eigenvalue weighted by Gasteiger charge is -2.38. The van der Waals surface area contributed by atoms with Crippen molar-refractivity contribution in [2.75, 3.05) is 5.32 Å². The lowest BCUT2D eigenvalue weighted by molar-refractivity contribution is 0.408. The molecular weight excluding hydrogens is 348 g/mol. The zero-order valence-electron chi connectivity index (χ0n) is 17.3. The fourth-order valence-electron chi connectivity index (χ4n) is 4.75. The number of aromatic nitrogens is 1. The van der Waals surface area contributed by atoms with Crippen molar-refractivity contribution in [3.05, 3.63) is 35.5 Å². The number of nitrogens with one attached hydrogen (secondary N) is 2. The van der Waals surface area contributed by atoms with E-state index in [1.807, 2.05) is 24.3 Å². The standard InChI is InChI=1S/C23H32N4O/c1-4-17-19(15-16(2)3)24-21(27-23(17)13-9-5-6-10-14-23)26-22-25-18-11-7-8-12-20(18)28-22/h7-8,11-12,16H,4-6,9-10,13-15H2,1-3H3,(H2,24,25,26,27). The van der Waals surface area contributed by atoms with Crippen LogP contribution in [0.1, 0.15) is 72.1 Å². The van der Waals surface area contributed by atoms with Crippen LogP contribution in [0, 0.1) is 5.92 Å². The Bertz CT molecular complexity index is 852. The Morgan fingerprint density at radius 3 is 2.57 bits per heavy atom. The van der Waals surface area contributed by atoms with Crippen LogP contribution in [0.5, 0.6) is 0 Å². The number of nitrogens with zero attached hydrogens (tertiary/aromatic N) is 2. The zero-order valence-corrected chi connectivity index (χ0v) is 17.3. The first-order valence-electron chi connectivity index (χ1n) is 10.8. The van der Waals surface area contributed by atoms with Gasteiger partial charge in [0.05, 0.1) is 5.54 Å². The first-order valence-corrected chi connectivity index (χ1v) is 10.8. The molecule has 1 aliphatic heterocycles. The van der Waals surface area contributed by atoms with E-state index in [9.17, 15) is 0 Å². The van der Waals surface area contributed by atoms with Gasteiger partial charge in [-0.3, -0.25) is 5.32 Å². The summed E-state index contributed by atoms with van der Waals surface area (Å²) in [4.78, 5) is 9.81. The van der Waals surface area contributed by atoms with Crippen LogP contribution >= 0.6 is 0 Å². The van der Waals surface area contributed by atoms with Gasteiger partial charge in [0.25, 0.3) is 0 Å². The van der Waals surface area contributed by atoms with Gasteiger partial charge in [0, 0.05) is 5.70 Å². The van der Waals surface area contributed by atoms with Gasteiger partial charge in [-0.25, -0.2) is 4.99 Å². The number of guanidine groups is 1. The first kappa shape index (κ1) is 19.0. The second kappa shape index (κ2) is 7.98. The van der Waals surface area contributed by atoms with E-state index in [1.54, 1.807) is 0 Å². The van der Waals surface area contributed by atoms with Crippen molar-refractivity contribution in [1.82, 2.24) is 10.3 Å². The Labute approximate surface area is 167 Å². The van der Waals surface area contributed by atoms with Crippen molar-refractivity contribution in [3.8, 4) is 0 Å². The number of para-hydroxylation sites is 2. The molecule has 5 heteroatoms. The predicted octanol–water partition coefficient (Wildman–Crippen LogP) is 6.00. The molecule has 1 aromatic carbocycles. The number of allylic oxidation sites excluding steroid dienone is 1. The molecule has 4 rings (SSSR count). The topological polar surface area (TPSA) is 62.5 Å².